The van der Waals surface area contributed by atoms with Gasteiger partial charge in [-0.25, -0.2) is 8.42 Å². The molecule has 0 bridgehead atoms. The molecular formula is C22H27Cl2N3O5S. The maximum absolute atomic E-state index is 13.5. The zero-order valence-corrected chi connectivity index (χ0v) is 21.2. The first-order valence-electron chi connectivity index (χ1n) is 10.1. The van der Waals surface area contributed by atoms with Gasteiger partial charge in [0.05, 0.1) is 29.1 Å². The predicted octanol–water partition coefficient (Wildman–Crippen LogP) is 3.32. The lowest BCUT2D eigenvalue weighted by Crippen LogP contribution is -2.51. The van der Waals surface area contributed by atoms with Gasteiger partial charge in [-0.3, -0.25) is 13.9 Å². The van der Waals surface area contributed by atoms with Crippen molar-refractivity contribution in [3.8, 4) is 5.75 Å². The first kappa shape index (κ1) is 26.8. The number of carbonyl (C=O) groups excluding carboxylic acids is 2. The van der Waals surface area contributed by atoms with Crippen LogP contribution in [0.4, 0.5) is 5.69 Å². The first-order chi connectivity index (χ1) is 15.5. The molecule has 8 nitrogen and oxygen atoms in total. The molecule has 0 fully saturated rings. The zero-order chi connectivity index (χ0) is 24.8. The average molecular weight is 516 g/mol. The number of ether oxygens (including phenoxy) is 1. The summed E-state index contributed by atoms with van der Waals surface area (Å²) in [6.45, 7) is 1.31. The molecule has 0 aliphatic heterocycles. The van der Waals surface area contributed by atoms with E-state index < -0.39 is 28.5 Å². The van der Waals surface area contributed by atoms with Gasteiger partial charge in [-0.1, -0.05) is 48.3 Å². The van der Waals surface area contributed by atoms with Gasteiger partial charge < -0.3 is 15.0 Å². The Bertz CT molecular complexity index is 1090. The Kier molecular flexibility index (Phi) is 9.39. The third kappa shape index (κ3) is 6.75. The van der Waals surface area contributed by atoms with Gasteiger partial charge >= 0.3 is 0 Å². The monoisotopic (exact) mass is 515 g/mol. The molecule has 2 rings (SSSR count). The molecule has 1 unspecified atom stereocenters. The number of sulfonamides is 1. The summed E-state index contributed by atoms with van der Waals surface area (Å²) < 4.78 is 31.2. The molecule has 0 aliphatic carbocycles. The highest BCUT2D eigenvalue weighted by Gasteiger charge is 2.32. The average Bonchev–Trinajstić information content (AvgIpc) is 2.78. The van der Waals surface area contributed by atoms with Gasteiger partial charge in [-0.2, -0.15) is 0 Å². The third-order valence-corrected chi connectivity index (χ3v) is 6.96. The van der Waals surface area contributed by atoms with Crippen molar-refractivity contribution in [3.63, 3.8) is 0 Å². The molecule has 0 spiro atoms. The fraction of sp³-hybridized carbons (Fsp3) is 0.364. The number of nitrogens with zero attached hydrogens (tertiary/aromatic N) is 2. The number of likely N-dealkylation sites (N-methyl/N-ethyl adjacent to an activating group) is 1. The topological polar surface area (TPSA) is 96.0 Å². The number of amides is 2. The van der Waals surface area contributed by atoms with Crippen LogP contribution >= 0.6 is 23.2 Å². The van der Waals surface area contributed by atoms with Crippen molar-refractivity contribution in [2.24, 2.45) is 0 Å². The highest BCUT2D eigenvalue weighted by atomic mass is 35.5. The molecular weight excluding hydrogens is 489 g/mol. The van der Waals surface area contributed by atoms with Crippen molar-refractivity contribution in [1.29, 1.82) is 0 Å². The van der Waals surface area contributed by atoms with Crippen LogP contribution < -0.4 is 14.4 Å². The van der Waals surface area contributed by atoms with Gasteiger partial charge in [0.25, 0.3) is 0 Å². The van der Waals surface area contributed by atoms with Crippen LogP contribution in [0.3, 0.4) is 0 Å². The van der Waals surface area contributed by atoms with E-state index in [-0.39, 0.29) is 28.2 Å². The maximum atomic E-state index is 13.5. The van der Waals surface area contributed by atoms with Gasteiger partial charge in [0.2, 0.25) is 21.8 Å². The Morgan fingerprint density at radius 3 is 2.27 bits per heavy atom. The molecule has 2 aromatic rings. The molecule has 2 aromatic carbocycles. The standard InChI is InChI=1S/C22H27Cl2N3O5S/c1-5-18(22(29)25-2)26(13-15-9-11-16(32-3)12-10-15)20(28)14-27(33(4,30)31)19-8-6-7-17(23)21(19)24/h6-12,18H,5,13-14H2,1-4H3,(H,25,29). The molecule has 180 valence electrons. The summed E-state index contributed by atoms with van der Waals surface area (Å²) in [5.74, 6) is -0.275. The molecule has 0 heterocycles. The van der Waals surface area contributed by atoms with Gasteiger partial charge in [0, 0.05) is 13.6 Å². The lowest BCUT2D eigenvalue weighted by atomic mass is 10.1. The molecule has 1 atom stereocenters. The number of hydrogen-bond donors (Lipinski definition) is 1. The number of halogens is 2. The van der Waals surface area contributed by atoms with Crippen molar-refractivity contribution in [2.75, 3.05) is 31.3 Å². The summed E-state index contributed by atoms with van der Waals surface area (Å²) in [4.78, 5) is 27.4. The van der Waals surface area contributed by atoms with Crippen molar-refractivity contribution in [3.05, 3.63) is 58.1 Å². The molecule has 0 radical (unpaired) electrons. The Morgan fingerprint density at radius 2 is 1.76 bits per heavy atom. The molecule has 0 saturated heterocycles. The molecule has 0 aliphatic rings. The molecule has 0 saturated carbocycles. The van der Waals surface area contributed by atoms with Crippen LogP contribution in [-0.2, 0) is 26.2 Å². The fourth-order valence-corrected chi connectivity index (χ4v) is 4.60. The minimum absolute atomic E-state index is 0.0115. The summed E-state index contributed by atoms with van der Waals surface area (Å²) in [5, 5.41) is 2.73. The second-order valence-electron chi connectivity index (χ2n) is 7.25. The van der Waals surface area contributed by atoms with E-state index in [1.165, 1.54) is 24.1 Å². The summed E-state index contributed by atoms with van der Waals surface area (Å²) in [6.07, 6.45) is 1.31. The first-order valence-corrected chi connectivity index (χ1v) is 12.7. The van der Waals surface area contributed by atoms with Crippen LogP contribution in [0.15, 0.2) is 42.5 Å². The van der Waals surface area contributed by atoms with E-state index in [0.717, 1.165) is 16.1 Å². The van der Waals surface area contributed by atoms with Gasteiger partial charge in [0.15, 0.2) is 0 Å². The van der Waals surface area contributed by atoms with E-state index in [1.807, 2.05) is 0 Å². The normalized spacial score (nSPS) is 12.1. The number of anilines is 1. The van der Waals surface area contributed by atoms with E-state index in [1.54, 1.807) is 44.4 Å². The molecule has 33 heavy (non-hydrogen) atoms. The Labute approximate surface area is 204 Å². The largest absolute Gasteiger partial charge is 0.497 e. The van der Waals surface area contributed by atoms with Gasteiger partial charge in [-0.05, 0) is 36.2 Å². The quantitative estimate of drug-likeness (QED) is 0.523. The van der Waals surface area contributed by atoms with Crippen LogP contribution in [0.1, 0.15) is 18.9 Å². The fourth-order valence-electron chi connectivity index (χ4n) is 3.29. The Hall–Kier alpha value is -2.49. The second kappa shape index (κ2) is 11.6. The number of hydrogen-bond acceptors (Lipinski definition) is 5. The van der Waals surface area contributed by atoms with Gasteiger partial charge in [0.1, 0.15) is 18.3 Å². The van der Waals surface area contributed by atoms with Gasteiger partial charge in [-0.15, -0.1) is 0 Å². The van der Waals surface area contributed by atoms with Crippen LogP contribution in [-0.4, -0.2) is 58.1 Å². The van der Waals surface area contributed by atoms with Crippen molar-refractivity contribution in [2.45, 2.75) is 25.9 Å². The lowest BCUT2D eigenvalue weighted by molar-refractivity contribution is -0.140. The molecule has 1 N–H and O–H groups in total. The number of nitrogens with one attached hydrogen (secondary N) is 1. The highest BCUT2D eigenvalue weighted by Crippen LogP contribution is 2.33. The van der Waals surface area contributed by atoms with Crippen LogP contribution in [0, 0.1) is 0 Å². The minimum atomic E-state index is -3.90. The predicted molar refractivity (Wildman–Crippen MR) is 130 cm³/mol. The number of methoxy groups -OCH3 is 1. The van der Waals surface area contributed by atoms with Crippen molar-refractivity contribution >= 4 is 50.7 Å². The van der Waals surface area contributed by atoms with Crippen LogP contribution in [0.2, 0.25) is 10.0 Å². The molecule has 11 heteroatoms. The number of benzene rings is 2. The Morgan fingerprint density at radius 1 is 1.12 bits per heavy atom. The third-order valence-electron chi connectivity index (χ3n) is 5.02. The maximum Gasteiger partial charge on any atom is 0.244 e. The van der Waals surface area contributed by atoms with Crippen LogP contribution in [0.5, 0.6) is 5.75 Å². The van der Waals surface area contributed by atoms with Crippen molar-refractivity contribution < 1.29 is 22.7 Å². The van der Waals surface area contributed by atoms with E-state index in [4.69, 9.17) is 27.9 Å². The van der Waals surface area contributed by atoms with Crippen molar-refractivity contribution in [1.82, 2.24) is 10.2 Å². The molecule has 0 aromatic heterocycles. The van der Waals surface area contributed by atoms with Crippen LogP contribution in [0.25, 0.3) is 0 Å². The summed E-state index contributed by atoms with van der Waals surface area (Å²) in [7, 11) is -0.873. The summed E-state index contributed by atoms with van der Waals surface area (Å²) >= 11 is 12.3. The Balaban J connectivity index is 2.46. The van der Waals surface area contributed by atoms with E-state index in [2.05, 4.69) is 5.32 Å². The smallest absolute Gasteiger partial charge is 0.244 e. The second-order valence-corrected chi connectivity index (χ2v) is 9.94. The number of rotatable bonds is 10. The summed E-state index contributed by atoms with van der Waals surface area (Å²) in [6, 6.07) is 10.8. The van der Waals surface area contributed by atoms with E-state index in [9.17, 15) is 18.0 Å². The highest BCUT2D eigenvalue weighted by molar-refractivity contribution is 7.92. The van der Waals surface area contributed by atoms with E-state index >= 15 is 0 Å². The molecule has 2 amide bonds. The number of carbonyl (C=O) groups is 2. The van der Waals surface area contributed by atoms with E-state index in [0.29, 0.717) is 12.2 Å². The zero-order valence-electron chi connectivity index (χ0n) is 18.8. The lowest BCUT2D eigenvalue weighted by Gasteiger charge is -2.32. The summed E-state index contributed by atoms with van der Waals surface area (Å²) in [5.41, 5.74) is 0.829. The minimum Gasteiger partial charge on any atom is -0.497 e. The SMILES string of the molecule is CCC(C(=O)NC)N(Cc1ccc(OC)cc1)C(=O)CN(c1cccc(Cl)c1Cl)S(C)(=O)=O.